The van der Waals surface area contributed by atoms with E-state index in [0.717, 1.165) is 0 Å². The number of hydrogen-bond acceptors (Lipinski definition) is 3. The molecule has 1 N–H and O–H groups in total. The molecule has 0 bridgehead atoms. The van der Waals surface area contributed by atoms with Gasteiger partial charge in [-0.3, -0.25) is 4.79 Å². The van der Waals surface area contributed by atoms with Crippen molar-refractivity contribution < 1.29 is 19.4 Å². The number of aliphatic carboxylic acids is 1. The molecule has 98 valence electrons. The lowest BCUT2D eigenvalue weighted by Crippen LogP contribution is -2.52. The summed E-state index contributed by atoms with van der Waals surface area (Å²) in [6.07, 6.45) is 1.81. The number of carboxylic acid groups (broad SMARTS) is 1. The Morgan fingerprint density at radius 1 is 1.56 bits per heavy atom. The van der Waals surface area contributed by atoms with E-state index in [2.05, 4.69) is 0 Å². The molecule has 6 nitrogen and oxygen atoms in total. The maximum absolute atomic E-state index is 12.3. The first-order valence-corrected chi connectivity index (χ1v) is 5.91. The summed E-state index contributed by atoms with van der Waals surface area (Å²) in [6, 6.07) is 2.60. The van der Waals surface area contributed by atoms with Crippen LogP contribution in [0.5, 0.6) is 0 Å². The number of carbonyl (C=O) groups excluding carboxylic acids is 1. The molecule has 2 heterocycles. The third kappa shape index (κ3) is 2.24. The number of carboxylic acids is 1. The van der Waals surface area contributed by atoms with E-state index in [1.807, 2.05) is 13.1 Å². The second-order valence-corrected chi connectivity index (χ2v) is 4.11. The first-order chi connectivity index (χ1) is 8.65. The van der Waals surface area contributed by atoms with Crippen molar-refractivity contribution in [3.05, 3.63) is 24.0 Å². The Kier molecular flexibility index (Phi) is 3.66. The molecule has 1 aromatic heterocycles. The fourth-order valence-corrected chi connectivity index (χ4v) is 2.08. The number of morpholine rings is 1. The lowest BCUT2D eigenvalue weighted by Gasteiger charge is -2.32. The van der Waals surface area contributed by atoms with Crippen LogP contribution in [0, 0.1) is 0 Å². The SMILES string of the molecule is CCn1cccc1C(=O)N1CCOCC1C(=O)O. The zero-order valence-corrected chi connectivity index (χ0v) is 10.2. The quantitative estimate of drug-likeness (QED) is 0.847. The summed E-state index contributed by atoms with van der Waals surface area (Å²) in [5, 5.41) is 9.10. The second-order valence-electron chi connectivity index (χ2n) is 4.11. The minimum atomic E-state index is -1.03. The van der Waals surface area contributed by atoms with Crippen LogP contribution in [0.2, 0.25) is 0 Å². The van der Waals surface area contributed by atoms with Crippen molar-refractivity contribution in [1.29, 1.82) is 0 Å². The van der Waals surface area contributed by atoms with Crippen molar-refractivity contribution in [3.63, 3.8) is 0 Å². The maximum Gasteiger partial charge on any atom is 0.328 e. The molecule has 18 heavy (non-hydrogen) atoms. The van der Waals surface area contributed by atoms with Crippen molar-refractivity contribution in [2.24, 2.45) is 0 Å². The molecule has 0 radical (unpaired) electrons. The number of ether oxygens (including phenoxy) is 1. The van der Waals surface area contributed by atoms with Crippen LogP contribution >= 0.6 is 0 Å². The molecule has 2 rings (SSSR count). The molecule has 0 saturated carbocycles. The van der Waals surface area contributed by atoms with Crippen molar-refractivity contribution in [1.82, 2.24) is 9.47 Å². The van der Waals surface area contributed by atoms with Crippen molar-refractivity contribution in [3.8, 4) is 0 Å². The predicted molar refractivity (Wildman–Crippen MR) is 63.4 cm³/mol. The topological polar surface area (TPSA) is 71.8 Å². The molecule has 1 fully saturated rings. The van der Waals surface area contributed by atoms with Crippen molar-refractivity contribution in [2.75, 3.05) is 19.8 Å². The Morgan fingerprint density at radius 3 is 3.00 bits per heavy atom. The summed E-state index contributed by atoms with van der Waals surface area (Å²) in [4.78, 5) is 24.8. The number of hydrogen-bond donors (Lipinski definition) is 1. The molecule has 1 aliphatic rings. The summed E-state index contributed by atoms with van der Waals surface area (Å²) in [5.41, 5.74) is 0.519. The van der Waals surface area contributed by atoms with E-state index in [1.165, 1.54) is 4.90 Å². The van der Waals surface area contributed by atoms with Crippen molar-refractivity contribution >= 4 is 11.9 Å². The van der Waals surface area contributed by atoms with Gasteiger partial charge in [0.05, 0.1) is 13.2 Å². The Bertz CT molecular complexity index is 455. The molecule has 1 aliphatic heterocycles. The number of aryl methyl sites for hydroxylation is 1. The molecule has 1 atom stereocenters. The summed E-state index contributed by atoms with van der Waals surface area (Å²) in [7, 11) is 0. The predicted octanol–water partition coefficient (Wildman–Crippen LogP) is 0.434. The van der Waals surface area contributed by atoms with Crippen LogP contribution in [0.25, 0.3) is 0 Å². The molecule has 0 aliphatic carbocycles. The van der Waals surface area contributed by atoms with Crippen LogP contribution in [-0.2, 0) is 16.1 Å². The molecule has 0 aromatic carbocycles. The van der Waals surface area contributed by atoms with Gasteiger partial charge in [0.2, 0.25) is 0 Å². The molecular weight excluding hydrogens is 236 g/mol. The highest BCUT2D eigenvalue weighted by molar-refractivity contribution is 5.95. The largest absolute Gasteiger partial charge is 0.480 e. The van der Waals surface area contributed by atoms with Crippen LogP contribution in [0.3, 0.4) is 0 Å². The molecular formula is C12H16N2O4. The Hall–Kier alpha value is -1.82. The van der Waals surface area contributed by atoms with Crippen LogP contribution in [0.15, 0.2) is 18.3 Å². The van der Waals surface area contributed by atoms with E-state index in [-0.39, 0.29) is 12.5 Å². The van der Waals surface area contributed by atoms with E-state index >= 15 is 0 Å². The molecule has 1 amide bonds. The first-order valence-electron chi connectivity index (χ1n) is 5.91. The fraction of sp³-hybridized carbons (Fsp3) is 0.500. The van der Waals surface area contributed by atoms with E-state index in [1.54, 1.807) is 16.7 Å². The highest BCUT2D eigenvalue weighted by atomic mass is 16.5. The van der Waals surface area contributed by atoms with Crippen LogP contribution < -0.4 is 0 Å². The molecule has 1 unspecified atom stereocenters. The first kappa shape index (κ1) is 12.6. The fourth-order valence-electron chi connectivity index (χ4n) is 2.08. The standard InChI is InChI=1S/C12H16N2O4/c1-2-13-5-3-4-9(13)11(15)14-6-7-18-8-10(14)12(16)17/h3-5,10H,2,6-8H2,1H3,(H,16,17). The third-order valence-electron chi connectivity index (χ3n) is 3.06. The number of amides is 1. The molecule has 6 heteroatoms. The van der Waals surface area contributed by atoms with Gasteiger partial charge in [-0.2, -0.15) is 0 Å². The number of rotatable bonds is 3. The lowest BCUT2D eigenvalue weighted by molar-refractivity contribution is -0.147. The second kappa shape index (κ2) is 5.22. The Balaban J connectivity index is 2.23. The zero-order valence-electron chi connectivity index (χ0n) is 10.2. The Morgan fingerprint density at radius 2 is 2.33 bits per heavy atom. The van der Waals surface area contributed by atoms with Gasteiger partial charge in [-0.15, -0.1) is 0 Å². The van der Waals surface area contributed by atoms with Crippen LogP contribution in [-0.4, -0.2) is 52.3 Å². The molecule has 1 saturated heterocycles. The van der Waals surface area contributed by atoms with Crippen LogP contribution in [0.4, 0.5) is 0 Å². The van der Waals surface area contributed by atoms with E-state index in [9.17, 15) is 9.59 Å². The average Bonchev–Trinajstić information content (AvgIpc) is 2.86. The maximum atomic E-state index is 12.3. The van der Waals surface area contributed by atoms with Gasteiger partial charge in [0.15, 0.2) is 6.04 Å². The van der Waals surface area contributed by atoms with Gasteiger partial charge in [-0.05, 0) is 19.1 Å². The minimum absolute atomic E-state index is 0.0495. The third-order valence-corrected chi connectivity index (χ3v) is 3.06. The highest BCUT2D eigenvalue weighted by Gasteiger charge is 2.34. The average molecular weight is 252 g/mol. The zero-order chi connectivity index (χ0) is 13.1. The monoisotopic (exact) mass is 252 g/mol. The smallest absolute Gasteiger partial charge is 0.328 e. The van der Waals surface area contributed by atoms with E-state index in [0.29, 0.717) is 25.4 Å². The minimum Gasteiger partial charge on any atom is -0.480 e. The van der Waals surface area contributed by atoms with Crippen LogP contribution in [0.1, 0.15) is 17.4 Å². The summed E-state index contributed by atoms with van der Waals surface area (Å²) in [5.74, 6) is -1.28. The van der Waals surface area contributed by atoms with Gasteiger partial charge in [-0.1, -0.05) is 0 Å². The summed E-state index contributed by atoms with van der Waals surface area (Å²) in [6.45, 7) is 3.35. The van der Waals surface area contributed by atoms with E-state index < -0.39 is 12.0 Å². The molecule has 1 aromatic rings. The lowest BCUT2D eigenvalue weighted by atomic mass is 10.2. The number of aromatic nitrogens is 1. The molecule has 0 spiro atoms. The Labute approximate surface area is 105 Å². The van der Waals surface area contributed by atoms with Gasteiger partial charge in [-0.25, -0.2) is 4.79 Å². The van der Waals surface area contributed by atoms with E-state index in [4.69, 9.17) is 9.84 Å². The van der Waals surface area contributed by atoms with Crippen molar-refractivity contribution in [2.45, 2.75) is 19.5 Å². The van der Waals surface area contributed by atoms with Gasteiger partial charge in [0, 0.05) is 19.3 Å². The summed E-state index contributed by atoms with van der Waals surface area (Å²) < 4.78 is 6.92. The normalized spacial score (nSPS) is 19.8. The van der Waals surface area contributed by atoms with Gasteiger partial charge >= 0.3 is 5.97 Å². The van der Waals surface area contributed by atoms with Gasteiger partial charge in [0.25, 0.3) is 5.91 Å². The van der Waals surface area contributed by atoms with Gasteiger partial charge in [0.1, 0.15) is 5.69 Å². The summed E-state index contributed by atoms with van der Waals surface area (Å²) >= 11 is 0. The number of nitrogens with zero attached hydrogens (tertiary/aromatic N) is 2. The number of carbonyl (C=O) groups is 2. The highest BCUT2D eigenvalue weighted by Crippen LogP contribution is 2.13. The van der Waals surface area contributed by atoms with Gasteiger partial charge < -0.3 is 19.3 Å².